The van der Waals surface area contributed by atoms with Crippen molar-refractivity contribution in [3.05, 3.63) is 16.6 Å². The van der Waals surface area contributed by atoms with Gasteiger partial charge in [0, 0.05) is 24.7 Å². The summed E-state index contributed by atoms with van der Waals surface area (Å²) in [6.07, 6.45) is 5.80. The molecule has 0 bridgehead atoms. The Morgan fingerprint density at radius 2 is 2.39 bits per heavy atom. The minimum absolute atomic E-state index is 0.529. The molecule has 2 rings (SSSR count). The molecule has 1 saturated heterocycles. The molecule has 1 fully saturated rings. The summed E-state index contributed by atoms with van der Waals surface area (Å²) in [5.41, 5.74) is 0. The van der Waals surface area contributed by atoms with Crippen LogP contribution in [0, 0.1) is 5.92 Å². The van der Waals surface area contributed by atoms with Gasteiger partial charge in [0.1, 0.15) is 5.01 Å². The van der Waals surface area contributed by atoms with Crippen molar-refractivity contribution >= 4 is 11.3 Å². The van der Waals surface area contributed by atoms with E-state index >= 15 is 0 Å². The molecule has 0 spiro atoms. The molecular formula is C14H24N2OS. The van der Waals surface area contributed by atoms with Gasteiger partial charge in [-0.2, -0.15) is 0 Å². The highest BCUT2D eigenvalue weighted by Crippen LogP contribution is 2.31. The number of likely N-dealkylation sites (tertiary alicyclic amines) is 1. The molecule has 1 atom stereocenters. The molecular weight excluding hydrogens is 244 g/mol. The van der Waals surface area contributed by atoms with E-state index in [4.69, 9.17) is 4.74 Å². The first kappa shape index (κ1) is 14.0. The van der Waals surface area contributed by atoms with Crippen LogP contribution < -0.4 is 0 Å². The van der Waals surface area contributed by atoms with Crippen LogP contribution in [0.25, 0.3) is 0 Å². The van der Waals surface area contributed by atoms with Gasteiger partial charge in [0.05, 0.1) is 12.6 Å². The number of ether oxygens (including phenoxy) is 1. The van der Waals surface area contributed by atoms with Gasteiger partial charge in [-0.3, -0.25) is 4.90 Å². The van der Waals surface area contributed by atoms with Crippen LogP contribution in [0.15, 0.2) is 11.6 Å². The molecule has 4 heteroatoms. The fraction of sp³-hybridized carbons (Fsp3) is 0.786. The van der Waals surface area contributed by atoms with Crippen molar-refractivity contribution in [3.63, 3.8) is 0 Å². The maximum absolute atomic E-state index is 5.70. The van der Waals surface area contributed by atoms with Crippen molar-refractivity contribution in [2.75, 3.05) is 26.3 Å². The Labute approximate surface area is 114 Å². The van der Waals surface area contributed by atoms with E-state index < -0.39 is 0 Å². The average molecular weight is 268 g/mol. The standard InChI is InChI=1S/C14H24N2OS/c1-12(2)11-17-9-8-16-7-4-3-5-13(16)14-15-6-10-18-14/h6,10,12-13H,3-5,7-9,11H2,1-2H3. The molecule has 0 aliphatic carbocycles. The number of hydrogen-bond donors (Lipinski definition) is 0. The molecule has 1 aromatic rings. The largest absolute Gasteiger partial charge is 0.380 e. The molecule has 102 valence electrons. The highest BCUT2D eigenvalue weighted by atomic mass is 32.1. The Kier molecular flexibility index (Phi) is 5.60. The van der Waals surface area contributed by atoms with Crippen molar-refractivity contribution in [1.29, 1.82) is 0 Å². The molecule has 0 aromatic carbocycles. The maximum atomic E-state index is 5.70. The monoisotopic (exact) mass is 268 g/mol. The lowest BCUT2D eigenvalue weighted by Crippen LogP contribution is -2.36. The Morgan fingerprint density at radius 3 is 3.11 bits per heavy atom. The predicted octanol–water partition coefficient (Wildman–Crippen LogP) is 3.34. The lowest BCUT2D eigenvalue weighted by atomic mass is 10.0. The minimum Gasteiger partial charge on any atom is -0.380 e. The highest BCUT2D eigenvalue weighted by Gasteiger charge is 2.25. The molecule has 18 heavy (non-hydrogen) atoms. The Morgan fingerprint density at radius 1 is 1.50 bits per heavy atom. The van der Waals surface area contributed by atoms with Gasteiger partial charge in [0.25, 0.3) is 0 Å². The van der Waals surface area contributed by atoms with Crippen molar-refractivity contribution in [2.24, 2.45) is 5.92 Å². The fourth-order valence-corrected chi connectivity index (χ4v) is 3.25. The first-order chi connectivity index (χ1) is 8.77. The Bertz CT molecular complexity index is 327. The zero-order chi connectivity index (χ0) is 12.8. The van der Waals surface area contributed by atoms with Gasteiger partial charge in [-0.25, -0.2) is 4.98 Å². The summed E-state index contributed by atoms with van der Waals surface area (Å²) >= 11 is 1.78. The van der Waals surface area contributed by atoms with E-state index in [9.17, 15) is 0 Å². The third-order valence-electron chi connectivity index (χ3n) is 3.32. The van der Waals surface area contributed by atoms with Crippen LogP contribution in [0.3, 0.4) is 0 Å². The van der Waals surface area contributed by atoms with E-state index in [1.165, 1.54) is 30.8 Å². The molecule has 0 saturated carbocycles. The molecule has 1 aliphatic heterocycles. The van der Waals surface area contributed by atoms with E-state index in [1.54, 1.807) is 11.3 Å². The maximum Gasteiger partial charge on any atom is 0.110 e. The van der Waals surface area contributed by atoms with Gasteiger partial charge in [-0.05, 0) is 25.3 Å². The molecule has 1 aromatic heterocycles. The molecule has 1 unspecified atom stereocenters. The number of rotatable bonds is 6. The quantitative estimate of drug-likeness (QED) is 0.740. The number of aromatic nitrogens is 1. The van der Waals surface area contributed by atoms with Crippen LogP contribution in [0.2, 0.25) is 0 Å². The first-order valence-corrected chi connectivity index (χ1v) is 7.86. The van der Waals surface area contributed by atoms with Gasteiger partial charge in [-0.15, -0.1) is 11.3 Å². The summed E-state index contributed by atoms with van der Waals surface area (Å²) in [6.45, 7) is 8.33. The smallest absolute Gasteiger partial charge is 0.110 e. The van der Waals surface area contributed by atoms with Crippen LogP contribution in [0.1, 0.15) is 44.2 Å². The topological polar surface area (TPSA) is 25.4 Å². The predicted molar refractivity (Wildman–Crippen MR) is 75.9 cm³/mol. The second-order valence-corrected chi connectivity index (χ2v) is 6.31. The third kappa shape index (κ3) is 4.04. The van der Waals surface area contributed by atoms with Gasteiger partial charge >= 0.3 is 0 Å². The van der Waals surface area contributed by atoms with E-state index in [0.29, 0.717) is 12.0 Å². The molecule has 3 nitrogen and oxygen atoms in total. The van der Waals surface area contributed by atoms with Crippen LogP contribution in [-0.2, 0) is 4.74 Å². The highest BCUT2D eigenvalue weighted by molar-refractivity contribution is 7.09. The summed E-state index contributed by atoms with van der Waals surface area (Å²) in [6, 6.07) is 0.529. The lowest BCUT2D eigenvalue weighted by Gasteiger charge is -2.34. The van der Waals surface area contributed by atoms with Gasteiger partial charge in [0.15, 0.2) is 0 Å². The second-order valence-electron chi connectivity index (χ2n) is 5.39. The molecule has 0 amide bonds. The number of hydrogen-bond acceptors (Lipinski definition) is 4. The number of piperidine rings is 1. The lowest BCUT2D eigenvalue weighted by molar-refractivity contribution is 0.0598. The molecule has 1 aliphatic rings. The first-order valence-electron chi connectivity index (χ1n) is 6.98. The van der Waals surface area contributed by atoms with E-state index in [1.807, 2.05) is 6.20 Å². The summed E-state index contributed by atoms with van der Waals surface area (Å²) in [5.74, 6) is 0.626. The van der Waals surface area contributed by atoms with Crippen molar-refractivity contribution < 1.29 is 4.74 Å². The zero-order valence-electron chi connectivity index (χ0n) is 11.5. The molecule has 0 N–H and O–H groups in total. The van der Waals surface area contributed by atoms with Crippen LogP contribution in [0.5, 0.6) is 0 Å². The van der Waals surface area contributed by atoms with Crippen molar-refractivity contribution in [3.8, 4) is 0 Å². The number of thiazole rings is 1. The van der Waals surface area contributed by atoms with Crippen molar-refractivity contribution in [1.82, 2.24) is 9.88 Å². The Balaban J connectivity index is 1.81. The Hall–Kier alpha value is -0.450. The fourth-order valence-electron chi connectivity index (χ4n) is 2.44. The normalized spacial score (nSPS) is 21.6. The van der Waals surface area contributed by atoms with E-state index in [-0.39, 0.29) is 0 Å². The summed E-state index contributed by atoms with van der Waals surface area (Å²) in [5, 5.41) is 3.36. The van der Waals surface area contributed by atoms with Gasteiger partial charge < -0.3 is 4.74 Å². The minimum atomic E-state index is 0.529. The van der Waals surface area contributed by atoms with Crippen molar-refractivity contribution in [2.45, 2.75) is 39.2 Å². The number of nitrogens with zero attached hydrogens (tertiary/aromatic N) is 2. The summed E-state index contributed by atoms with van der Waals surface area (Å²) in [4.78, 5) is 7.03. The van der Waals surface area contributed by atoms with Crippen LogP contribution in [-0.4, -0.2) is 36.2 Å². The van der Waals surface area contributed by atoms with Crippen LogP contribution in [0.4, 0.5) is 0 Å². The van der Waals surface area contributed by atoms with Crippen LogP contribution >= 0.6 is 11.3 Å². The zero-order valence-corrected chi connectivity index (χ0v) is 12.3. The third-order valence-corrected chi connectivity index (χ3v) is 4.20. The SMILES string of the molecule is CC(C)COCCN1CCCCC1c1nccs1. The molecule has 2 heterocycles. The average Bonchev–Trinajstić information content (AvgIpc) is 2.88. The summed E-state index contributed by atoms with van der Waals surface area (Å²) in [7, 11) is 0. The summed E-state index contributed by atoms with van der Waals surface area (Å²) < 4.78 is 5.70. The second kappa shape index (κ2) is 7.22. The van der Waals surface area contributed by atoms with Gasteiger partial charge in [0.2, 0.25) is 0 Å². The van der Waals surface area contributed by atoms with E-state index in [0.717, 1.165) is 19.8 Å². The van der Waals surface area contributed by atoms with Gasteiger partial charge in [-0.1, -0.05) is 20.3 Å². The van der Waals surface area contributed by atoms with E-state index in [2.05, 4.69) is 29.1 Å². The molecule has 0 radical (unpaired) electrons.